The lowest BCUT2D eigenvalue weighted by atomic mass is 9.87. The monoisotopic (exact) mass is 453 g/mol. The van der Waals surface area contributed by atoms with Crippen molar-refractivity contribution in [3.8, 4) is 0 Å². The topological polar surface area (TPSA) is 91.1 Å². The van der Waals surface area contributed by atoms with Gasteiger partial charge in [-0.25, -0.2) is 13.1 Å². The number of H-pyrrole nitrogens is 1. The number of sulfonamides is 1. The van der Waals surface area contributed by atoms with Gasteiger partial charge >= 0.3 is 0 Å². The van der Waals surface area contributed by atoms with E-state index in [1.807, 2.05) is 36.4 Å². The van der Waals surface area contributed by atoms with Crippen molar-refractivity contribution in [2.24, 2.45) is 5.92 Å². The highest BCUT2D eigenvalue weighted by atomic mass is 32.2. The molecule has 4 rings (SSSR count). The normalized spacial score (nSPS) is 16.3. The molecule has 1 amide bonds. The van der Waals surface area contributed by atoms with Gasteiger partial charge in [0.2, 0.25) is 10.0 Å². The molecule has 0 radical (unpaired) electrons. The molecule has 1 aliphatic rings. The number of nitrogens with one attached hydrogen (secondary N) is 3. The Morgan fingerprint density at radius 3 is 2.66 bits per heavy atom. The third kappa shape index (κ3) is 5.05. The van der Waals surface area contributed by atoms with Gasteiger partial charge in [0.05, 0.1) is 5.75 Å². The third-order valence-electron chi connectivity index (χ3n) is 6.01. The Morgan fingerprint density at radius 1 is 1.16 bits per heavy atom. The first-order valence-electron chi connectivity index (χ1n) is 11.2. The van der Waals surface area contributed by atoms with E-state index in [0.717, 1.165) is 29.3 Å². The molecule has 170 valence electrons. The summed E-state index contributed by atoms with van der Waals surface area (Å²) in [5.74, 6) is 0.372. The van der Waals surface area contributed by atoms with Gasteiger partial charge in [-0.05, 0) is 73.9 Å². The molecule has 1 heterocycles. The van der Waals surface area contributed by atoms with Crippen molar-refractivity contribution in [1.29, 1.82) is 0 Å². The second-order valence-corrected chi connectivity index (χ2v) is 10.9. The fourth-order valence-electron chi connectivity index (χ4n) is 4.49. The maximum Gasteiger partial charge on any atom is 0.251 e. The van der Waals surface area contributed by atoms with E-state index in [0.29, 0.717) is 17.0 Å². The summed E-state index contributed by atoms with van der Waals surface area (Å²) in [6.45, 7) is 6.13. The van der Waals surface area contributed by atoms with E-state index in [-0.39, 0.29) is 24.2 Å². The summed E-state index contributed by atoms with van der Waals surface area (Å²) in [6, 6.07) is 12.9. The second kappa shape index (κ2) is 9.08. The van der Waals surface area contributed by atoms with Crippen LogP contribution in [0, 0.1) is 5.92 Å². The standard InChI is InChI=1S/C25H31N3O3S/c1-16(2)28-32(30,31)15-20-7-5-4-6-19(20)14-26-25(29)18-9-11-24-22(13-18)21-12-17(3)8-10-23(21)27-24/h4-7,9,11,13,16-17,27-28H,8,10,12,14-15H2,1-3H3,(H,26,29). The fourth-order valence-corrected chi connectivity index (χ4v) is 5.98. The third-order valence-corrected chi connectivity index (χ3v) is 7.54. The molecule has 32 heavy (non-hydrogen) atoms. The summed E-state index contributed by atoms with van der Waals surface area (Å²) in [5.41, 5.74) is 5.80. The number of aromatic amines is 1. The molecule has 3 aromatic rings. The van der Waals surface area contributed by atoms with Crippen LogP contribution in [0.3, 0.4) is 0 Å². The number of amides is 1. The average molecular weight is 454 g/mol. The number of fused-ring (bicyclic) bond motifs is 3. The lowest BCUT2D eigenvalue weighted by Gasteiger charge is -2.18. The fraction of sp³-hybridized carbons (Fsp3) is 0.400. The van der Waals surface area contributed by atoms with E-state index in [4.69, 9.17) is 0 Å². The minimum atomic E-state index is -3.44. The van der Waals surface area contributed by atoms with Gasteiger partial charge in [-0.15, -0.1) is 0 Å². The Balaban J connectivity index is 1.50. The van der Waals surface area contributed by atoms with Gasteiger partial charge in [0.15, 0.2) is 0 Å². The van der Waals surface area contributed by atoms with Crippen LogP contribution < -0.4 is 10.0 Å². The summed E-state index contributed by atoms with van der Waals surface area (Å²) in [6.07, 6.45) is 3.28. The van der Waals surface area contributed by atoms with Crippen molar-refractivity contribution >= 4 is 26.8 Å². The van der Waals surface area contributed by atoms with Crippen LogP contribution in [0.4, 0.5) is 0 Å². The zero-order chi connectivity index (χ0) is 22.9. The zero-order valence-corrected chi connectivity index (χ0v) is 19.7. The van der Waals surface area contributed by atoms with Crippen LogP contribution in [-0.4, -0.2) is 25.4 Å². The first-order chi connectivity index (χ1) is 15.2. The Bertz CT molecular complexity index is 1240. The number of rotatable bonds is 7. The van der Waals surface area contributed by atoms with Crippen molar-refractivity contribution in [2.45, 2.75) is 58.4 Å². The van der Waals surface area contributed by atoms with Crippen LogP contribution in [-0.2, 0) is 35.2 Å². The summed E-state index contributed by atoms with van der Waals surface area (Å²) in [7, 11) is -3.44. The van der Waals surface area contributed by atoms with Crippen molar-refractivity contribution in [2.75, 3.05) is 0 Å². The number of aromatic nitrogens is 1. The van der Waals surface area contributed by atoms with Gasteiger partial charge in [0, 0.05) is 34.7 Å². The predicted molar refractivity (Wildman–Crippen MR) is 128 cm³/mol. The van der Waals surface area contributed by atoms with Crippen LogP contribution in [0.15, 0.2) is 42.5 Å². The molecule has 7 heteroatoms. The summed E-state index contributed by atoms with van der Waals surface area (Å²) in [4.78, 5) is 16.4. The van der Waals surface area contributed by atoms with Crippen molar-refractivity contribution in [3.05, 3.63) is 70.4 Å². The minimum Gasteiger partial charge on any atom is -0.358 e. The van der Waals surface area contributed by atoms with Crippen LogP contribution in [0.25, 0.3) is 10.9 Å². The quantitative estimate of drug-likeness (QED) is 0.504. The van der Waals surface area contributed by atoms with Gasteiger partial charge in [0.1, 0.15) is 0 Å². The highest BCUT2D eigenvalue weighted by Gasteiger charge is 2.21. The molecule has 6 nitrogen and oxygen atoms in total. The Morgan fingerprint density at radius 2 is 1.91 bits per heavy atom. The lowest BCUT2D eigenvalue weighted by Crippen LogP contribution is -2.31. The van der Waals surface area contributed by atoms with E-state index in [1.165, 1.54) is 17.7 Å². The molecule has 1 unspecified atom stereocenters. The van der Waals surface area contributed by atoms with E-state index in [1.54, 1.807) is 19.9 Å². The first-order valence-corrected chi connectivity index (χ1v) is 12.9. The molecular weight excluding hydrogens is 422 g/mol. The van der Waals surface area contributed by atoms with E-state index >= 15 is 0 Å². The number of aryl methyl sites for hydroxylation is 1. The van der Waals surface area contributed by atoms with Crippen LogP contribution in [0.5, 0.6) is 0 Å². The van der Waals surface area contributed by atoms with Crippen LogP contribution in [0.2, 0.25) is 0 Å². The minimum absolute atomic E-state index is 0.114. The molecule has 0 fully saturated rings. The smallest absolute Gasteiger partial charge is 0.251 e. The van der Waals surface area contributed by atoms with Gasteiger partial charge in [-0.1, -0.05) is 31.2 Å². The first kappa shape index (κ1) is 22.6. The molecule has 1 atom stereocenters. The number of benzene rings is 2. The molecule has 2 aromatic carbocycles. The second-order valence-electron chi connectivity index (χ2n) is 9.17. The highest BCUT2D eigenvalue weighted by molar-refractivity contribution is 7.88. The predicted octanol–water partition coefficient (Wildman–Crippen LogP) is 4.05. The van der Waals surface area contributed by atoms with Gasteiger partial charge in [0.25, 0.3) is 5.91 Å². The lowest BCUT2D eigenvalue weighted by molar-refractivity contribution is 0.0951. The van der Waals surface area contributed by atoms with Gasteiger partial charge < -0.3 is 10.3 Å². The number of hydrogen-bond acceptors (Lipinski definition) is 3. The largest absolute Gasteiger partial charge is 0.358 e. The van der Waals surface area contributed by atoms with Crippen molar-refractivity contribution in [3.63, 3.8) is 0 Å². The molecule has 0 spiro atoms. The maximum atomic E-state index is 12.9. The Hall–Kier alpha value is -2.64. The molecule has 0 saturated heterocycles. The molecule has 0 saturated carbocycles. The number of carbonyl (C=O) groups is 1. The Kier molecular flexibility index (Phi) is 6.40. The van der Waals surface area contributed by atoms with Crippen molar-refractivity contribution < 1.29 is 13.2 Å². The summed E-state index contributed by atoms with van der Waals surface area (Å²) in [5, 5.41) is 4.09. The van der Waals surface area contributed by atoms with Crippen LogP contribution in [0.1, 0.15) is 59.9 Å². The van der Waals surface area contributed by atoms with E-state index in [9.17, 15) is 13.2 Å². The molecule has 0 bridgehead atoms. The Labute approximate surface area is 189 Å². The number of hydrogen-bond donors (Lipinski definition) is 3. The van der Waals surface area contributed by atoms with Gasteiger partial charge in [-0.3, -0.25) is 4.79 Å². The number of carbonyl (C=O) groups excluding carboxylic acids is 1. The summed E-state index contributed by atoms with van der Waals surface area (Å²) >= 11 is 0. The molecule has 1 aromatic heterocycles. The zero-order valence-electron chi connectivity index (χ0n) is 18.9. The summed E-state index contributed by atoms with van der Waals surface area (Å²) < 4.78 is 27.3. The molecule has 1 aliphatic carbocycles. The van der Waals surface area contributed by atoms with E-state index in [2.05, 4.69) is 21.9 Å². The van der Waals surface area contributed by atoms with E-state index < -0.39 is 10.0 Å². The van der Waals surface area contributed by atoms with Crippen LogP contribution >= 0.6 is 0 Å². The molecule has 3 N–H and O–H groups in total. The SMILES string of the molecule is CC1CCc2[nH]c3ccc(C(=O)NCc4ccccc4CS(=O)(=O)NC(C)C)cc3c2C1. The highest BCUT2D eigenvalue weighted by Crippen LogP contribution is 2.32. The molecular formula is C25H31N3O3S. The molecule has 0 aliphatic heterocycles. The average Bonchev–Trinajstić information content (AvgIpc) is 3.08. The van der Waals surface area contributed by atoms with Gasteiger partial charge in [-0.2, -0.15) is 0 Å². The maximum absolute atomic E-state index is 12.9. The van der Waals surface area contributed by atoms with Crippen molar-refractivity contribution in [1.82, 2.24) is 15.0 Å².